The summed E-state index contributed by atoms with van der Waals surface area (Å²) in [6.45, 7) is 4.77. The summed E-state index contributed by atoms with van der Waals surface area (Å²) >= 11 is 0. The Kier molecular flexibility index (Phi) is 3.61. The molecule has 1 aromatic rings. The molecule has 0 spiro atoms. The molecule has 0 saturated carbocycles. The summed E-state index contributed by atoms with van der Waals surface area (Å²) in [7, 11) is 0. The maximum atomic E-state index is 5.71. The second-order valence-corrected chi connectivity index (χ2v) is 4.67. The van der Waals surface area contributed by atoms with Crippen LogP contribution in [0.3, 0.4) is 0 Å². The van der Waals surface area contributed by atoms with Crippen LogP contribution in [0, 0.1) is 18.8 Å². The molecule has 1 aromatic heterocycles. The summed E-state index contributed by atoms with van der Waals surface area (Å²) in [5.74, 6) is 2.93. The molecule has 1 aliphatic rings. The predicted molar refractivity (Wildman–Crippen MR) is 67.7 cm³/mol. The first kappa shape index (κ1) is 11.9. The highest BCUT2D eigenvalue weighted by molar-refractivity contribution is 5.32. The fourth-order valence-electron chi connectivity index (χ4n) is 2.07. The Labute approximate surface area is 102 Å². The van der Waals surface area contributed by atoms with Crippen LogP contribution >= 0.6 is 0 Å². The van der Waals surface area contributed by atoms with Gasteiger partial charge in [-0.2, -0.15) is 4.98 Å². The van der Waals surface area contributed by atoms with Crippen LogP contribution in [-0.2, 0) is 0 Å². The number of nitrogens with zero attached hydrogens (tertiary/aromatic N) is 2. The van der Waals surface area contributed by atoms with Gasteiger partial charge in [-0.3, -0.25) is 0 Å². The van der Waals surface area contributed by atoms with E-state index in [0.29, 0.717) is 36.0 Å². The van der Waals surface area contributed by atoms with Crippen molar-refractivity contribution in [2.24, 2.45) is 11.8 Å². The van der Waals surface area contributed by atoms with E-state index in [9.17, 15) is 0 Å². The lowest BCUT2D eigenvalue weighted by molar-refractivity contribution is 0.192. The molecular formula is C13H19N3O. The van der Waals surface area contributed by atoms with E-state index < -0.39 is 0 Å². The van der Waals surface area contributed by atoms with Crippen molar-refractivity contribution in [1.82, 2.24) is 9.97 Å². The quantitative estimate of drug-likeness (QED) is 0.814. The molecule has 1 heterocycles. The van der Waals surface area contributed by atoms with Gasteiger partial charge in [-0.05, 0) is 31.6 Å². The SMILES string of the molecule is Cc1nc(N)cc(OCC2CC=CCC2C)n1. The predicted octanol–water partition coefficient (Wildman–Crippen LogP) is 2.35. The molecule has 17 heavy (non-hydrogen) atoms. The standard InChI is InChI=1S/C13H19N3O/c1-9-5-3-4-6-11(9)8-17-13-7-12(14)15-10(2)16-13/h3-4,7,9,11H,5-6,8H2,1-2H3,(H2,14,15,16). The van der Waals surface area contributed by atoms with Crippen LogP contribution < -0.4 is 10.5 Å². The summed E-state index contributed by atoms with van der Waals surface area (Å²) in [6.07, 6.45) is 6.70. The number of anilines is 1. The molecule has 0 fully saturated rings. The van der Waals surface area contributed by atoms with E-state index in [-0.39, 0.29) is 0 Å². The Bertz CT molecular complexity index is 397. The van der Waals surface area contributed by atoms with Gasteiger partial charge in [0.25, 0.3) is 0 Å². The van der Waals surface area contributed by atoms with Gasteiger partial charge in [0.15, 0.2) is 0 Å². The first-order valence-electron chi connectivity index (χ1n) is 6.04. The van der Waals surface area contributed by atoms with Gasteiger partial charge in [0, 0.05) is 6.07 Å². The van der Waals surface area contributed by atoms with Crippen molar-refractivity contribution in [2.45, 2.75) is 26.7 Å². The topological polar surface area (TPSA) is 61.0 Å². The zero-order valence-electron chi connectivity index (χ0n) is 10.4. The number of hydrogen-bond acceptors (Lipinski definition) is 4. The summed E-state index contributed by atoms with van der Waals surface area (Å²) in [6, 6.07) is 1.68. The van der Waals surface area contributed by atoms with Crippen molar-refractivity contribution in [3.8, 4) is 5.88 Å². The molecule has 1 aliphatic carbocycles. The van der Waals surface area contributed by atoms with Crippen molar-refractivity contribution in [3.63, 3.8) is 0 Å². The minimum Gasteiger partial charge on any atom is -0.477 e. The summed E-state index contributed by atoms with van der Waals surface area (Å²) < 4.78 is 5.71. The Morgan fingerprint density at radius 1 is 1.35 bits per heavy atom. The Morgan fingerprint density at radius 3 is 2.82 bits per heavy atom. The van der Waals surface area contributed by atoms with Crippen molar-refractivity contribution in [1.29, 1.82) is 0 Å². The van der Waals surface area contributed by atoms with Crippen LogP contribution in [0.25, 0.3) is 0 Å². The minimum atomic E-state index is 0.462. The van der Waals surface area contributed by atoms with Gasteiger partial charge in [-0.1, -0.05) is 19.1 Å². The van der Waals surface area contributed by atoms with Crippen molar-refractivity contribution in [3.05, 3.63) is 24.0 Å². The largest absolute Gasteiger partial charge is 0.477 e. The minimum absolute atomic E-state index is 0.462. The van der Waals surface area contributed by atoms with Crippen LogP contribution in [0.4, 0.5) is 5.82 Å². The van der Waals surface area contributed by atoms with Gasteiger partial charge < -0.3 is 10.5 Å². The number of allylic oxidation sites excluding steroid dienone is 2. The van der Waals surface area contributed by atoms with E-state index in [1.54, 1.807) is 6.07 Å². The van der Waals surface area contributed by atoms with E-state index in [1.165, 1.54) is 0 Å². The molecule has 0 radical (unpaired) electrons. The molecule has 0 aliphatic heterocycles. The molecule has 2 N–H and O–H groups in total. The average molecular weight is 233 g/mol. The van der Waals surface area contributed by atoms with Gasteiger partial charge >= 0.3 is 0 Å². The smallest absolute Gasteiger partial charge is 0.218 e. The molecule has 4 nitrogen and oxygen atoms in total. The number of rotatable bonds is 3. The fraction of sp³-hybridized carbons (Fsp3) is 0.538. The summed E-state index contributed by atoms with van der Waals surface area (Å²) in [5, 5.41) is 0. The average Bonchev–Trinajstić information content (AvgIpc) is 2.27. The van der Waals surface area contributed by atoms with Crippen molar-refractivity contribution < 1.29 is 4.74 Å². The molecule has 92 valence electrons. The lowest BCUT2D eigenvalue weighted by atomic mass is 9.85. The molecule has 0 bridgehead atoms. The second-order valence-electron chi connectivity index (χ2n) is 4.67. The van der Waals surface area contributed by atoms with Gasteiger partial charge in [0.05, 0.1) is 6.61 Å². The second kappa shape index (κ2) is 5.17. The van der Waals surface area contributed by atoms with E-state index >= 15 is 0 Å². The molecule has 0 amide bonds. The zero-order valence-corrected chi connectivity index (χ0v) is 10.4. The molecule has 2 rings (SSSR count). The van der Waals surface area contributed by atoms with Crippen LogP contribution in [0.5, 0.6) is 5.88 Å². The normalized spacial score (nSPS) is 23.6. The highest BCUT2D eigenvalue weighted by Crippen LogP contribution is 2.25. The van der Waals surface area contributed by atoms with Crippen molar-refractivity contribution >= 4 is 5.82 Å². The number of hydrogen-bond donors (Lipinski definition) is 1. The third-order valence-corrected chi connectivity index (χ3v) is 3.20. The van der Waals surface area contributed by atoms with Crippen LogP contribution in [0.2, 0.25) is 0 Å². The first-order valence-corrected chi connectivity index (χ1v) is 6.04. The Hall–Kier alpha value is -1.58. The van der Waals surface area contributed by atoms with Gasteiger partial charge in [-0.15, -0.1) is 0 Å². The highest BCUT2D eigenvalue weighted by Gasteiger charge is 2.19. The molecule has 4 heteroatoms. The van der Waals surface area contributed by atoms with E-state index in [0.717, 1.165) is 12.8 Å². The lowest BCUT2D eigenvalue weighted by Crippen LogP contribution is -2.21. The Balaban J connectivity index is 1.95. The monoisotopic (exact) mass is 233 g/mol. The number of ether oxygens (including phenoxy) is 1. The first-order chi connectivity index (χ1) is 8.15. The number of aromatic nitrogens is 2. The summed E-state index contributed by atoms with van der Waals surface area (Å²) in [4.78, 5) is 8.23. The number of nitrogen functional groups attached to an aromatic ring is 1. The maximum Gasteiger partial charge on any atom is 0.218 e. The highest BCUT2D eigenvalue weighted by atomic mass is 16.5. The summed E-state index contributed by atoms with van der Waals surface area (Å²) in [5.41, 5.74) is 5.65. The third kappa shape index (κ3) is 3.19. The third-order valence-electron chi connectivity index (χ3n) is 3.20. The molecule has 0 aromatic carbocycles. The van der Waals surface area contributed by atoms with Crippen LogP contribution in [0.15, 0.2) is 18.2 Å². The fourth-order valence-corrected chi connectivity index (χ4v) is 2.07. The van der Waals surface area contributed by atoms with Crippen molar-refractivity contribution in [2.75, 3.05) is 12.3 Å². The van der Waals surface area contributed by atoms with E-state index in [4.69, 9.17) is 10.5 Å². The molecular weight excluding hydrogens is 214 g/mol. The maximum absolute atomic E-state index is 5.71. The van der Waals surface area contributed by atoms with E-state index in [2.05, 4.69) is 29.0 Å². The molecule has 0 saturated heterocycles. The zero-order chi connectivity index (χ0) is 12.3. The van der Waals surface area contributed by atoms with E-state index in [1.807, 2.05) is 6.92 Å². The Morgan fingerprint density at radius 2 is 2.12 bits per heavy atom. The van der Waals surface area contributed by atoms with Crippen LogP contribution in [-0.4, -0.2) is 16.6 Å². The van der Waals surface area contributed by atoms with Gasteiger partial charge in [0.1, 0.15) is 11.6 Å². The number of nitrogens with two attached hydrogens (primary N) is 1. The number of aryl methyl sites for hydroxylation is 1. The lowest BCUT2D eigenvalue weighted by Gasteiger charge is -2.24. The van der Waals surface area contributed by atoms with Crippen LogP contribution in [0.1, 0.15) is 25.6 Å². The molecule has 2 unspecified atom stereocenters. The molecule has 2 atom stereocenters. The van der Waals surface area contributed by atoms with Gasteiger partial charge in [0.2, 0.25) is 5.88 Å². The van der Waals surface area contributed by atoms with Gasteiger partial charge in [-0.25, -0.2) is 4.98 Å².